The van der Waals surface area contributed by atoms with Gasteiger partial charge in [0, 0.05) is 31.5 Å². The Morgan fingerprint density at radius 1 is 1.62 bits per heavy atom. The Balaban J connectivity index is 2.46. The summed E-state index contributed by atoms with van der Waals surface area (Å²) in [5.41, 5.74) is 6.73. The van der Waals surface area contributed by atoms with Gasteiger partial charge in [0.25, 0.3) is 5.91 Å². The number of hydrogen-bond donors (Lipinski definition) is 2. The average molecular weight is 223 g/mol. The smallest absolute Gasteiger partial charge is 0.251 e. The Kier molecular flexibility index (Phi) is 5.45. The number of carbonyl (C=O) groups excluding carboxylic acids is 1. The Hall–Kier alpha value is -1.46. The lowest BCUT2D eigenvalue weighted by molar-refractivity contribution is 0.0922. The van der Waals surface area contributed by atoms with E-state index in [0.717, 1.165) is 0 Å². The van der Waals surface area contributed by atoms with Gasteiger partial charge in [-0.15, -0.1) is 0 Å². The van der Waals surface area contributed by atoms with Crippen LogP contribution in [0.1, 0.15) is 23.0 Å². The predicted molar refractivity (Wildman–Crippen MR) is 61.0 cm³/mol. The summed E-state index contributed by atoms with van der Waals surface area (Å²) in [5.74, 6) is -0.128. The molecule has 1 amide bonds. The van der Waals surface area contributed by atoms with Crippen LogP contribution >= 0.6 is 0 Å². The van der Waals surface area contributed by atoms with Gasteiger partial charge in [-0.05, 0) is 19.1 Å². The second kappa shape index (κ2) is 6.92. The van der Waals surface area contributed by atoms with Crippen molar-refractivity contribution >= 4 is 5.91 Å². The summed E-state index contributed by atoms with van der Waals surface area (Å²) < 4.78 is 5.12. The minimum Gasteiger partial charge on any atom is -0.380 e. The standard InChI is InChI=1S/C11H17N3O2/c1-2-16-6-5-14-11(15)9-3-4-13-10(7-9)8-12/h3-4,7H,2,5-6,8,12H2,1H3,(H,14,15). The average Bonchev–Trinajstić information content (AvgIpc) is 2.34. The molecule has 0 aliphatic rings. The molecule has 0 unspecified atom stereocenters. The Bertz CT molecular complexity index is 342. The number of nitrogens with zero attached hydrogens (tertiary/aromatic N) is 1. The fraction of sp³-hybridized carbons (Fsp3) is 0.455. The van der Waals surface area contributed by atoms with E-state index in [1.54, 1.807) is 18.3 Å². The molecule has 1 heterocycles. The highest BCUT2D eigenvalue weighted by molar-refractivity contribution is 5.94. The largest absolute Gasteiger partial charge is 0.380 e. The molecule has 0 aliphatic carbocycles. The summed E-state index contributed by atoms with van der Waals surface area (Å²) in [6.45, 7) is 3.94. The number of hydrogen-bond acceptors (Lipinski definition) is 4. The van der Waals surface area contributed by atoms with Crippen molar-refractivity contribution in [2.24, 2.45) is 5.73 Å². The van der Waals surface area contributed by atoms with Crippen molar-refractivity contribution in [3.63, 3.8) is 0 Å². The van der Waals surface area contributed by atoms with Gasteiger partial charge in [0.15, 0.2) is 0 Å². The molecule has 0 saturated carbocycles. The molecule has 0 aromatic carbocycles. The van der Waals surface area contributed by atoms with Crippen LogP contribution in [0.25, 0.3) is 0 Å². The lowest BCUT2D eigenvalue weighted by Crippen LogP contribution is -2.27. The number of aromatic nitrogens is 1. The first-order chi connectivity index (χ1) is 7.77. The van der Waals surface area contributed by atoms with Crippen LogP contribution in [0.5, 0.6) is 0 Å². The maximum absolute atomic E-state index is 11.6. The fourth-order valence-corrected chi connectivity index (χ4v) is 1.21. The molecular weight excluding hydrogens is 206 g/mol. The number of rotatable bonds is 6. The number of ether oxygens (including phenoxy) is 1. The van der Waals surface area contributed by atoms with E-state index < -0.39 is 0 Å². The third kappa shape index (κ3) is 3.96. The molecule has 16 heavy (non-hydrogen) atoms. The highest BCUT2D eigenvalue weighted by Crippen LogP contribution is 2.00. The van der Waals surface area contributed by atoms with E-state index in [-0.39, 0.29) is 5.91 Å². The van der Waals surface area contributed by atoms with Gasteiger partial charge < -0.3 is 15.8 Å². The molecule has 0 atom stereocenters. The normalized spacial score (nSPS) is 10.1. The lowest BCUT2D eigenvalue weighted by atomic mass is 10.2. The van der Waals surface area contributed by atoms with Crippen molar-refractivity contribution in [3.05, 3.63) is 29.6 Å². The maximum atomic E-state index is 11.6. The van der Waals surface area contributed by atoms with Crippen molar-refractivity contribution < 1.29 is 9.53 Å². The van der Waals surface area contributed by atoms with Gasteiger partial charge in [0.1, 0.15) is 0 Å². The van der Waals surface area contributed by atoms with Crippen LogP contribution in [0.4, 0.5) is 0 Å². The van der Waals surface area contributed by atoms with Crippen LogP contribution in [-0.4, -0.2) is 30.6 Å². The first kappa shape index (κ1) is 12.6. The molecule has 88 valence electrons. The van der Waals surface area contributed by atoms with Gasteiger partial charge in [-0.3, -0.25) is 9.78 Å². The number of amides is 1. The van der Waals surface area contributed by atoms with E-state index >= 15 is 0 Å². The van der Waals surface area contributed by atoms with Crippen molar-refractivity contribution in [1.29, 1.82) is 0 Å². The van der Waals surface area contributed by atoms with Crippen LogP contribution in [0.3, 0.4) is 0 Å². The number of nitrogens with two attached hydrogens (primary N) is 1. The summed E-state index contributed by atoms with van der Waals surface area (Å²) in [7, 11) is 0. The molecule has 0 aliphatic heterocycles. The van der Waals surface area contributed by atoms with E-state index in [9.17, 15) is 4.79 Å². The Labute approximate surface area is 95.0 Å². The lowest BCUT2D eigenvalue weighted by Gasteiger charge is -2.05. The zero-order valence-electron chi connectivity index (χ0n) is 9.40. The molecule has 0 radical (unpaired) electrons. The van der Waals surface area contributed by atoms with Crippen molar-refractivity contribution in [3.8, 4) is 0 Å². The topological polar surface area (TPSA) is 77.2 Å². The zero-order valence-corrected chi connectivity index (χ0v) is 9.40. The number of pyridine rings is 1. The van der Waals surface area contributed by atoms with Gasteiger partial charge in [-0.25, -0.2) is 0 Å². The SMILES string of the molecule is CCOCCNC(=O)c1ccnc(CN)c1. The summed E-state index contributed by atoms with van der Waals surface area (Å²) in [6, 6.07) is 3.35. The fourth-order valence-electron chi connectivity index (χ4n) is 1.21. The van der Waals surface area contributed by atoms with Crippen LogP contribution in [-0.2, 0) is 11.3 Å². The second-order valence-electron chi connectivity index (χ2n) is 3.19. The van der Waals surface area contributed by atoms with E-state index in [0.29, 0.717) is 37.6 Å². The first-order valence-corrected chi connectivity index (χ1v) is 5.29. The van der Waals surface area contributed by atoms with Crippen molar-refractivity contribution in [2.45, 2.75) is 13.5 Å². The molecule has 1 rings (SSSR count). The summed E-state index contributed by atoms with van der Waals surface area (Å²) in [5, 5.41) is 2.75. The van der Waals surface area contributed by atoms with Crippen LogP contribution in [0.15, 0.2) is 18.3 Å². The molecule has 1 aromatic rings. The van der Waals surface area contributed by atoms with Gasteiger partial charge in [0.2, 0.25) is 0 Å². The van der Waals surface area contributed by atoms with Gasteiger partial charge in [-0.1, -0.05) is 0 Å². The Morgan fingerprint density at radius 3 is 3.12 bits per heavy atom. The number of carbonyl (C=O) groups is 1. The van der Waals surface area contributed by atoms with Gasteiger partial charge >= 0.3 is 0 Å². The van der Waals surface area contributed by atoms with E-state index in [1.807, 2.05) is 6.92 Å². The Morgan fingerprint density at radius 2 is 2.44 bits per heavy atom. The number of nitrogens with one attached hydrogen (secondary N) is 1. The molecule has 5 nitrogen and oxygen atoms in total. The summed E-state index contributed by atoms with van der Waals surface area (Å²) in [4.78, 5) is 15.7. The minimum absolute atomic E-state index is 0.128. The highest BCUT2D eigenvalue weighted by Gasteiger charge is 2.05. The summed E-state index contributed by atoms with van der Waals surface area (Å²) >= 11 is 0. The van der Waals surface area contributed by atoms with Gasteiger partial charge in [0.05, 0.1) is 12.3 Å². The van der Waals surface area contributed by atoms with E-state index in [4.69, 9.17) is 10.5 Å². The van der Waals surface area contributed by atoms with E-state index in [1.165, 1.54) is 0 Å². The maximum Gasteiger partial charge on any atom is 0.251 e. The molecule has 0 saturated heterocycles. The minimum atomic E-state index is -0.128. The molecule has 0 bridgehead atoms. The van der Waals surface area contributed by atoms with Crippen LogP contribution < -0.4 is 11.1 Å². The van der Waals surface area contributed by atoms with Crippen molar-refractivity contribution in [1.82, 2.24) is 10.3 Å². The summed E-state index contributed by atoms with van der Waals surface area (Å²) in [6.07, 6.45) is 1.58. The molecule has 0 fully saturated rings. The monoisotopic (exact) mass is 223 g/mol. The second-order valence-corrected chi connectivity index (χ2v) is 3.19. The zero-order chi connectivity index (χ0) is 11.8. The van der Waals surface area contributed by atoms with E-state index in [2.05, 4.69) is 10.3 Å². The highest BCUT2D eigenvalue weighted by atomic mass is 16.5. The third-order valence-electron chi connectivity index (χ3n) is 2.02. The first-order valence-electron chi connectivity index (χ1n) is 5.29. The van der Waals surface area contributed by atoms with Gasteiger partial charge in [-0.2, -0.15) is 0 Å². The van der Waals surface area contributed by atoms with Crippen molar-refractivity contribution in [2.75, 3.05) is 19.8 Å². The quantitative estimate of drug-likeness (QED) is 0.680. The molecule has 0 spiro atoms. The third-order valence-corrected chi connectivity index (χ3v) is 2.02. The predicted octanol–water partition coefficient (Wildman–Crippen LogP) is 0.307. The molecule has 1 aromatic heterocycles. The molecule has 3 N–H and O–H groups in total. The van der Waals surface area contributed by atoms with Crippen LogP contribution in [0.2, 0.25) is 0 Å². The molecular formula is C11H17N3O2. The van der Waals surface area contributed by atoms with Crippen LogP contribution in [0, 0.1) is 0 Å². The molecule has 5 heteroatoms.